The Balaban J connectivity index is 1.90. The first kappa shape index (κ1) is 13.5. The molecule has 3 heteroatoms. The number of nitrogens with one attached hydrogen (secondary N) is 1. The third-order valence-electron chi connectivity index (χ3n) is 3.87. The molecule has 0 heterocycles. The van der Waals surface area contributed by atoms with Gasteiger partial charge in [0.05, 0.1) is 0 Å². The van der Waals surface area contributed by atoms with Gasteiger partial charge < -0.3 is 5.32 Å². The van der Waals surface area contributed by atoms with E-state index in [1.54, 1.807) is 0 Å². The van der Waals surface area contributed by atoms with Crippen LogP contribution in [0.1, 0.15) is 32.3 Å². The molecule has 1 N–H and O–H groups in total. The number of halogens is 2. The Morgan fingerprint density at radius 2 is 1.78 bits per heavy atom. The Morgan fingerprint density at radius 3 is 2.33 bits per heavy atom. The molecule has 100 valence electrons. The number of hydrogen-bond acceptors (Lipinski definition) is 1. The first-order valence-electron chi connectivity index (χ1n) is 6.74. The van der Waals surface area contributed by atoms with Crippen LogP contribution >= 0.6 is 0 Å². The van der Waals surface area contributed by atoms with Crippen LogP contribution in [0.3, 0.4) is 0 Å². The molecule has 0 saturated heterocycles. The van der Waals surface area contributed by atoms with Gasteiger partial charge in [-0.15, -0.1) is 0 Å². The average molecular weight is 253 g/mol. The second kappa shape index (κ2) is 5.79. The van der Waals surface area contributed by atoms with Gasteiger partial charge >= 0.3 is 0 Å². The van der Waals surface area contributed by atoms with Gasteiger partial charge in [0.1, 0.15) is 11.6 Å². The molecule has 1 saturated carbocycles. The molecule has 1 aliphatic carbocycles. The summed E-state index contributed by atoms with van der Waals surface area (Å²) in [6.45, 7) is 5.13. The largest absolute Gasteiger partial charge is 0.314 e. The molecule has 0 bridgehead atoms. The van der Waals surface area contributed by atoms with Crippen LogP contribution in [0, 0.1) is 23.5 Å². The number of rotatable bonds is 6. The predicted molar refractivity (Wildman–Crippen MR) is 69.4 cm³/mol. The highest BCUT2D eigenvalue weighted by Crippen LogP contribution is 2.23. The lowest BCUT2D eigenvalue weighted by molar-refractivity contribution is 0.355. The monoisotopic (exact) mass is 253 g/mol. The summed E-state index contributed by atoms with van der Waals surface area (Å²) in [6.07, 6.45) is 3.00. The van der Waals surface area contributed by atoms with Crippen molar-refractivity contribution < 1.29 is 8.78 Å². The highest BCUT2D eigenvalue weighted by atomic mass is 19.1. The van der Waals surface area contributed by atoms with Crippen LogP contribution in [0.2, 0.25) is 0 Å². The van der Waals surface area contributed by atoms with Gasteiger partial charge in [0.2, 0.25) is 0 Å². The van der Waals surface area contributed by atoms with Crippen molar-refractivity contribution in [2.45, 2.75) is 39.2 Å². The van der Waals surface area contributed by atoms with Crippen LogP contribution in [0.4, 0.5) is 8.78 Å². The van der Waals surface area contributed by atoms with Crippen molar-refractivity contribution >= 4 is 0 Å². The maximum absolute atomic E-state index is 13.5. The van der Waals surface area contributed by atoms with Crippen LogP contribution in [-0.4, -0.2) is 12.6 Å². The van der Waals surface area contributed by atoms with Gasteiger partial charge in [-0.25, -0.2) is 8.78 Å². The minimum absolute atomic E-state index is 0.225. The fourth-order valence-corrected chi connectivity index (χ4v) is 2.09. The normalized spacial score (nSPS) is 18.7. The van der Waals surface area contributed by atoms with Crippen LogP contribution in [0.15, 0.2) is 18.2 Å². The molecule has 1 fully saturated rings. The third-order valence-corrected chi connectivity index (χ3v) is 3.87. The van der Waals surface area contributed by atoms with Crippen molar-refractivity contribution in [3.05, 3.63) is 35.4 Å². The topological polar surface area (TPSA) is 12.0 Å². The molecule has 0 radical (unpaired) electrons. The maximum atomic E-state index is 13.5. The van der Waals surface area contributed by atoms with Crippen LogP contribution in [-0.2, 0) is 6.42 Å². The quantitative estimate of drug-likeness (QED) is 0.817. The van der Waals surface area contributed by atoms with Gasteiger partial charge in [-0.2, -0.15) is 0 Å². The van der Waals surface area contributed by atoms with E-state index >= 15 is 0 Å². The van der Waals surface area contributed by atoms with Gasteiger partial charge in [-0.05, 0) is 49.8 Å². The maximum Gasteiger partial charge on any atom is 0.129 e. The Labute approximate surface area is 108 Å². The highest BCUT2D eigenvalue weighted by Gasteiger charge is 2.23. The van der Waals surface area contributed by atoms with Gasteiger partial charge in [-0.3, -0.25) is 0 Å². The van der Waals surface area contributed by atoms with E-state index in [1.807, 2.05) is 0 Å². The van der Waals surface area contributed by atoms with Gasteiger partial charge in [0.25, 0.3) is 0 Å². The van der Waals surface area contributed by atoms with E-state index in [0.29, 0.717) is 18.4 Å². The van der Waals surface area contributed by atoms with E-state index in [4.69, 9.17) is 0 Å². The molecule has 0 aliphatic heterocycles. The van der Waals surface area contributed by atoms with Crippen molar-refractivity contribution in [2.75, 3.05) is 6.54 Å². The van der Waals surface area contributed by atoms with Crippen LogP contribution in [0.25, 0.3) is 0 Å². The molecule has 2 rings (SSSR count). The van der Waals surface area contributed by atoms with E-state index in [2.05, 4.69) is 19.2 Å². The zero-order chi connectivity index (χ0) is 13.1. The van der Waals surface area contributed by atoms with Crippen molar-refractivity contribution in [2.24, 2.45) is 11.8 Å². The van der Waals surface area contributed by atoms with E-state index in [-0.39, 0.29) is 11.5 Å². The van der Waals surface area contributed by atoms with E-state index in [9.17, 15) is 8.78 Å². The third kappa shape index (κ3) is 3.52. The average Bonchev–Trinajstić information content (AvgIpc) is 3.14. The minimum atomic E-state index is -0.427. The fourth-order valence-electron chi connectivity index (χ4n) is 2.09. The fraction of sp³-hybridized carbons (Fsp3) is 0.600. The van der Waals surface area contributed by atoms with E-state index in [1.165, 1.54) is 31.0 Å². The summed E-state index contributed by atoms with van der Waals surface area (Å²) in [5.41, 5.74) is 0.225. The SMILES string of the molecule is CC(CNC1CC1)C(C)Cc1c(F)cccc1F. The molecule has 1 nitrogen and oxygen atoms in total. The first-order valence-corrected chi connectivity index (χ1v) is 6.74. The summed E-state index contributed by atoms with van der Waals surface area (Å²) in [5.74, 6) is -0.166. The summed E-state index contributed by atoms with van der Waals surface area (Å²) in [7, 11) is 0. The van der Waals surface area contributed by atoms with Gasteiger partial charge in [0, 0.05) is 11.6 Å². The second-order valence-electron chi connectivity index (χ2n) is 5.54. The summed E-state index contributed by atoms with van der Waals surface area (Å²) < 4.78 is 27.1. The second-order valence-corrected chi connectivity index (χ2v) is 5.54. The first-order chi connectivity index (χ1) is 8.58. The minimum Gasteiger partial charge on any atom is -0.314 e. The smallest absolute Gasteiger partial charge is 0.129 e. The van der Waals surface area contributed by atoms with Crippen LogP contribution in [0.5, 0.6) is 0 Å². The Kier molecular flexibility index (Phi) is 4.33. The molecule has 1 aliphatic rings. The number of benzene rings is 1. The Bertz CT molecular complexity index is 381. The van der Waals surface area contributed by atoms with Crippen LogP contribution < -0.4 is 5.32 Å². The summed E-state index contributed by atoms with van der Waals surface area (Å²) >= 11 is 0. The number of hydrogen-bond donors (Lipinski definition) is 1. The summed E-state index contributed by atoms with van der Waals surface area (Å²) in [4.78, 5) is 0. The molecular formula is C15H21F2N. The summed E-state index contributed by atoms with van der Waals surface area (Å²) in [5, 5.41) is 3.46. The molecule has 18 heavy (non-hydrogen) atoms. The van der Waals surface area contributed by atoms with Crippen molar-refractivity contribution in [3.8, 4) is 0 Å². The van der Waals surface area contributed by atoms with E-state index < -0.39 is 11.6 Å². The van der Waals surface area contributed by atoms with E-state index in [0.717, 1.165) is 6.54 Å². The Morgan fingerprint density at radius 1 is 1.17 bits per heavy atom. The molecule has 1 aromatic carbocycles. The molecule has 2 atom stereocenters. The molecule has 0 spiro atoms. The zero-order valence-electron chi connectivity index (χ0n) is 11.0. The molecular weight excluding hydrogens is 232 g/mol. The van der Waals surface area contributed by atoms with Crippen molar-refractivity contribution in [1.29, 1.82) is 0 Å². The van der Waals surface area contributed by atoms with Gasteiger partial charge in [-0.1, -0.05) is 19.9 Å². The standard InChI is InChI=1S/C15H21F2N/c1-10(11(2)9-18-12-6-7-12)8-13-14(16)4-3-5-15(13)17/h3-5,10-12,18H,6-9H2,1-2H3. The lowest BCUT2D eigenvalue weighted by atomic mass is 9.89. The lowest BCUT2D eigenvalue weighted by Crippen LogP contribution is -2.27. The molecule has 2 unspecified atom stereocenters. The lowest BCUT2D eigenvalue weighted by Gasteiger charge is -2.21. The van der Waals surface area contributed by atoms with Crippen molar-refractivity contribution in [1.82, 2.24) is 5.32 Å². The predicted octanol–water partition coefficient (Wildman–Crippen LogP) is 3.53. The van der Waals surface area contributed by atoms with Gasteiger partial charge in [0.15, 0.2) is 0 Å². The van der Waals surface area contributed by atoms with Crippen molar-refractivity contribution in [3.63, 3.8) is 0 Å². The highest BCUT2D eigenvalue weighted by molar-refractivity contribution is 5.20. The Hall–Kier alpha value is -0.960. The molecule has 0 aromatic heterocycles. The zero-order valence-corrected chi connectivity index (χ0v) is 11.0. The molecule has 0 amide bonds. The molecule has 1 aromatic rings. The summed E-state index contributed by atoms with van der Waals surface area (Å²) in [6, 6.07) is 4.76.